The highest BCUT2D eigenvalue weighted by atomic mass is 28.4. The number of nitrogens with zero attached hydrogens (tertiary/aromatic N) is 2. The van der Waals surface area contributed by atoms with E-state index in [1.807, 2.05) is 18.2 Å². The average Bonchev–Trinajstić information content (AvgIpc) is 2.81. The van der Waals surface area contributed by atoms with Crippen LogP contribution < -0.4 is 0 Å². The van der Waals surface area contributed by atoms with Gasteiger partial charge in [-0.05, 0) is 35.8 Å². The first-order valence-corrected chi connectivity index (χ1v) is 11.2. The van der Waals surface area contributed by atoms with E-state index < -0.39 is 14.3 Å². The maximum absolute atomic E-state index is 11.9. The standard InChI is InChI=1S/C18H26N2O4Si/c1-12(21)17-14-9-13(11-24-25(5,6)18(2,3)4)7-8-15(14)20(19-17)10-16(22)23/h7-9H,10-11H2,1-6H3,(H,22,23). The zero-order chi connectivity index (χ0) is 19.0. The first-order valence-electron chi connectivity index (χ1n) is 8.28. The molecule has 0 saturated carbocycles. The van der Waals surface area contributed by atoms with E-state index in [2.05, 4.69) is 39.0 Å². The number of carboxylic acid groups (broad SMARTS) is 1. The lowest BCUT2D eigenvalue weighted by Gasteiger charge is -2.36. The van der Waals surface area contributed by atoms with Crippen molar-refractivity contribution in [3.63, 3.8) is 0 Å². The number of benzene rings is 1. The highest BCUT2D eigenvalue weighted by molar-refractivity contribution is 6.74. The highest BCUT2D eigenvalue weighted by Gasteiger charge is 2.37. The third-order valence-electron chi connectivity index (χ3n) is 4.84. The van der Waals surface area contributed by atoms with Gasteiger partial charge in [0.15, 0.2) is 14.1 Å². The Morgan fingerprint density at radius 1 is 1.28 bits per heavy atom. The molecule has 2 aromatic rings. The van der Waals surface area contributed by atoms with Crippen LogP contribution in [-0.2, 0) is 22.4 Å². The Morgan fingerprint density at radius 2 is 1.92 bits per heavy atom. The summed E-state index contributed by atoms with van der Waals surface area (Å²) in [7, 11) is -1.87. The molecular formula is C18H26N2O4Si. The second kappa shape index (κ2) is 6.72. The Morgan fingerprint density at radius 3 is 2.44 bits per heavy atom. The lowest BCUT2D eigenvalue weighted by Crippen LogP contribution is -2.40. The van der Waals surface area contributed by atoms with Gasteiger partial charge in [0.25, 0.3) is 0 Å². The van der Waals surface area contributed by atoms with Crippen LogP contribution in [0.1, 0.15) is 43.7 Å². The Hall–Kier alpha value is -1.99. The van der Waals surface area contributed by atoms with Crippen molar-refractivity contribution < 1.29 is 19.1 Å². The van der Waals surface area contributed by atoms with Crippen molar-refractivity contribution in [2.75, 3.05) is 0 Å². The number of carbonyl (C=O) groups excluding carboxylic acids is 1. The van der Waals surface area contributed by atoms with E-state index >= 15 is 0 Å². The van der Waals surface area contributed by atoms with Gasteiger partial charge in [0.1, 0.15) is 12.2 Å². The molecule has 0 atom stereocenters. The van der Waals surface area contributed by atoms with Crippen LogP contribution in [0.15, 0.2) is 18.2 Å². The number of carbonyl (C=O) groups is 2. The van der Waals surface area contributed by atoms with Gasteiger partial charge in [0.05, 0.1) is 12.1 Å². The number of hydrogen-bond acceptors (Lipinski definition) is 4. The van der Waals surface area contributed by atoms with Gasteiger partial charge in [0.2, 0.25) is 0 Å². The molecule has 1 heterocycles. The topological polar surface area (TPSA) is 81.4 Å². The minimum atomic E-state index is -1.87. The fourth-order valence-corrected chi connectivity index (χ4v) is 3.27. The van der Waals surface area contributed by atoms with Crippen molar-refractivity contribution in [3.8, 4) is 0 Å². The molecule has 0 amide bonds. The van der Waals surface area contributed by atoms with Gasteiger partial charge >= 0.3 is 5.97 Å². The van der Waals surface area contributed by atoms with Gasteiger partial charge in [-0.25, -0.2) is 0 Å². The quantitative estimate of drug-likeness (QED) is 0.623. The van der Waals surface area contributed by atoms with Crippen LogP contribution in [0.25, 0.3) is 10.9 Å². The maximum atomic E-state index is 11.9. The molecule has 1 aromatic carbocycles. The van der Waals surface area contributed by atoms with Crippen LogP contribution in [0.5, 0.6) is 0 Å². The van der Waals surface area contributed by atoms with E-state index in [0.29, 0.717) is 23.2 Å². The normalized spacial score (nSPS) is 12.6. The fraction of sp³-hybridized carbons (Fsp3) is 0.500. The van der Waals surface area contributed by atoms with Crippen LogP contribution in [0.4, 0.5) is 0 Å². The summed E-state index contributed by atoms with van der Waals surface area (Å²) in [4.78, 5) is 22.9. The minimum absolute atomic E-state index is 0.119. The lowest BCUT2D eigenvalue weighted by atomic mass is 10.1. The van der Waals surface area contributed by atoms with Gasteiger partial charge in [-0.2, -0.15) is 5.10 Å². The van der Waals surface area contributed by atoms with Gasteiger partial charge in [0, 0.05) is 12.3 Å². The maximum Gasteiger partial charge on any atom is 0.325 e. The Kier molecular flexibility index (Phi) is 5.20. The Balaban J connectivity index is 2.37. The summed E-state index contributed by atoms with van der Waals surface area (Å²) < 4.78 is 7.59. The molecule has 0 aliphatic carbocycles. The van der Waals surface area contributed by atoms with Crippen molar-refractivity contribution in [1.29, 1.82) is 0 Å². The zero-order valence-electron chi connectivity index (χ0n) is 15.7. The number of aliphatic carboxylic acids is 1. The molecular weight excluding hydrogens is 336 g/mol. The first-order chi connectivity index (χ1) is 11.4. The smallest absolute Gasteiger partial charge is 0.325 e. The third-order valence-corrected chi connectivity index (χ3v) is 9.32. The summed E-state index contributed by atoms with van der Waals surface area (Å²) in [6.45, 7) is 12.6. The summed E-state index contributed by atoms with van der Waals surface area (Å²) in [5, 5.41) is 14.0. The summed E-state index contributed by atoms with van der Waals surface area (Å²) in [6.07, 6.45) is 0. The predicted octanol–water partition coefficient (Wildman–Crippen LogP) is 3.85. The summed E-state index contributed by atoms with van der Waals surface area (Å²) >= 11 is 0. The van der Waals surface area contributed by atoms with Crippen LogP contribution in [-0.4, -0.2) is 35.0 Å². The lowest BCUT2D eigenvalue weighted by molar-refractivity contribution is -0.137. The molecule has 136 valence electrons. The van der Waals surface area contributed by atoms with E-state index in [-0.39, 0.29) is 17.4 Å². The second-order valence-electron chi connectivity index (χ2n) is 7.86. The van der Waals surface area contributed by atoms with Crippen LogP contribution in [0.2, 0.25) is 18.1 Å². The van der Waals surface area contributed by atoms with Crippen molar-refractivity contribution in [2.45, 2.75) is 59.0 Å². The van der Waals surface area contributed by atoms with E-state index in [0.717, 1.165) is 5.56 Å². The number of ketones is 1. The molecule has 6 nitrogen and oxygen atoms in total. The number of fused-ring (bicyclic) bond motifs is 1. The van der Waals surface area contributed by atoms with Crippen LogP contribution in [0, 0.1) is 0 Å². The van der Waals surface area contributed by atoms with Gasteiger partial charge in [-0.1, -0.05) is 26.8 Å². The van der Waals surface area contributed by atoms with Gasteiger partial charge < -0.3 is 9.53 Å². The molecule has 7 heteroatoms. The molecule has 0 saturated heterocycles. The largest absolute Gasteiger partial charge is 0.480 e. The first kappa shape index (κ1) is 19.3. The fourth-order valence-electron chi connectivity index (χ4n) is 2.31. The third kappa shape index (κ3) is 4.16. The molecule has 2 rings (SSSR count). The van der Waals surface area contributed by atoms with Crippen molar-refractivity contribution in [2.24, 2.45) is 0 Å². The minimum Gasteiger partial charge on any atom is -0.480 e. The molecule has 1 N–H and O–H groups in total. The van der Waals surface area contributed by atoms with E-state index in [9.17, 15) is 9.59 Å². The number of rotatable bonds is 6. The number of hydrogen-bond donors (Lipinski definition) is 1. The van der Waals surface area contributed by atoms with Crippen LogP contribution in [0.3, 0.4) is 0 Å². The molecule has 0 fully saturated rings. The molecule has 25 heavy (non-hydrogen) atoms. The van der Waals surface area contributed by atoms with Crippen molar-refractivity contribution in [3.05, 3.63) is 29.5 Å². The van der Waals surface area contributed by atoms with E-state index in [4.69, 9.17) is 9.53 Å². The molecule has 1 aromatic heterocycles. The Labute approximate surface area is 148 Å². The number of carboxylic acids is 1. The summed E-state index contributed by atoms with van der Waals surface area (Å²) in [5.41, 5.74) is 1.89. The average molecular weight is 363 g/mol. The number of aromatic nitrogens is 2. The zero-order valence-corrected chi connectivity index (χ0v) is 16.7. The Bertz CT molecular complexity index is 818. The van der Waals surface area contributed by atoms with E-state index in [1.165, 1.54) is 11.6 Å². The molecule has 0 aliphatic rings. The van der Waals surface area contributed by atoms with E-state index in [1.54, 1.807) is 0 Å². The summed E-state index contributed by atoms with van der Waals surface area (Å²) in [6, 6.07) is 5.59. The molecule has 0 bridgehead atoms. The molecule has 0 aliphatic heterocycles. The second-order valence-corrected chi connectivity index (χ2v) is 12.7. The monoisotopic (exact) mass is 362 g/mol. The predicted molar refractivity (Wildman–Crippen MR) is 99.4 cm³/mol. The van der Waals surface area contributed by atoms with Crippen LogP contribution >= 0.6 is 0 Å². The van der Waals surface area contributed by atoms with Crippen molar-refractivity contribution in [1.82, 2.24) is 9.78 Å². The van der Waals surface area contributed by atoms with Gasteiger partial charge in [-0.15, -0.1) is 0 Å². The highest BCUT2D eigenvalue weighted by Crippen LogP contribution is 2.37. The molecule has 0 unspecified atom stereocenters. The van der Waals surface area contributed by atoms with Crippen molar-refractivity contribution >= 4 is 31.0 Å². The molecule has 0 radical (unpaired) electrons. The molecule has 0 spiro atoms. The number of Topliss-reactive ketones (excluding diaryl/α,β-unsaturated/α-hetero) is 1. The van der Waals surface area contributed by atoms with Gasteiger partial charge in [-0.3, -0.25) is 14.3 Å². The SMILES string of the molecule is CC(=O)c1nn(CC(=O)O)c2ccc(CO[Si](C)(C)C(C)(C)C)cc12. The summed E-state index contributed by atoms with van der Waals surface area (Å²) in [5.74, 6) is -1.18.